The Labute approximate surface area is 190 Å². The average molecular weight is 462 g/mol. The predicted molar refractivity (Wildman–Crippen MR) is 123 cm³/mol. The standard InChI is InChI=1S/C23H31N3O5S/c1-6-21(23(28)24-3)26(15-18-9-11-19(31-5)12-10-18)22(27)16-25(4)32(29,30)20-13-7-17(2)8-14-20/h7-14,21H,6,15-16H2,1-5H3,(H,24,28)/t21-/m1/s1. The number of carbonyl (C=O) groups excluding carboxylic acids is 2. The minimum atomic E-state index is -3.86. The summed E-state index contributed by atoms with van der Waals surface area (Å²) in [7, 11) is 0.577. The van der Waals surface area contributed by atoms with Crippen molar-refractivity contribution in [3.8, 4) is 5.75 Å². The summed E-state index contributed by atoms with van der Waals surface area (Å²) in [5.74, 6) is -0.0956. The van der Waals surface area contributed by atoms with E-state index in [4.69, 9.17) is 4.74 Å². The number of hydrogen-bond acceptors (Lipinski definition) is 5. The fraction of sp³-hybridized carbons (Fsp3) is 0.391. The van der Waals surface area contributed by atoms with E-state index < -0.39 is 22.0 Å². The van der Waals surface area contributed by atoms with Gasteiger partial charge in [0.25, 0.3) is 0 Å². The molecule has 0 aliphatic heterocycles. The third kappa shape index (κ3) is 6.08. The zero-order chi connectivity index (χ0) is 23.9. The van der Waals surface area contributed by atoms with Crippen LogP contribution in [0.5, 0.6) is 5.75 Å². The summed E-state index contributed by atoms with van der Waals surface area (Å²) in [6, 6.07) is 12.9. The van der Waals surface area contributed by atoms with Crippen LogP contribution in [0.15, 0.2) is 53.4 Å². The molecule has 9 heteroatoms. The molecule has 1 N–H and O–H groups in total. The Morgan fingerprint density at radius 3 is 2.16 bits per heavy atom. The van der Waals surface area contributed by atoms with E-state index in [-0.39, 0.29) is 23.9 Å². The maximum absolute atomic E-state index is 13.2. The minimum Gasteiger partial charge on any atom is -0.497 e. The topological polar surface area (TPSA) is 96.0 Å². The van der Waals surface area contributed by atoms with Crippen LogP contribution in [0, 0.1) is 6.92 Å². The minimum absolute atomic E-state index is 0.110. The van der Waals surface area contributed by atoms with Crippen LogP contribution < -0.4 is 10.1 Å². The van der Waals surface area contributed by atoms with E-state index in [0.717, 1.165) is 15.4 Å². The SMILES string of the molecule is CC[C@H](C(=O)NC)N(Cc1ccc(OC)cc1)C(=O)CN(C)S(=O)(=O)c1ccc(C)cc1. The summed E-state index contributed by atoms with van der Waals surface area (Å²) in [5, 5.41) is 2.59. The normalized spacial score (nSPS) is 12.3. The lowest BCUT2D eigenvalue weighted by Gasteiger charge is -2.31. The van der Waals surface area contributed by atoms with Gasteiger partial charge in [0.05, 0.1) is 18.6 Å². The molecule has 0 spiro atoms. The highest BCUT2D eigenvalue weighted by molar-refractivity contribution is 7.89. The van der Waals surface area contributed by atoms with Crippen molar-refractivity contribution in [2.75, 3.05) is 27.7 Å². The number of nitrogens with one attached hydrogen (secondary N) is 1. The van der Waals surface area contributed by atoms with Crippen molar-refractivity contribution < 1.29 is 22.7 Å². The fourth-order valence-corrected chi connectivity index (χ4v) is 4.39. The number of nitrogens with zero attached hydrogens (tertiary/aromatic N) is 2. The summed E-state index contributed by atoms with van der Waals surface area (Å²) >= 11 is 0. The molecule has 2 rings (SSSR count). The van der Waals surface area contributed by atoms with Crippen LogP contribution in [-0.4, -0.2) is 63.2 Å². The number of carbonyl (C=O) groups is 2. The largest absolute Gasteiger partial charge is 0.497 e. The van der Waals surface area contributed by atoms with Crippen LogP contribution in [0.3, 0.4) is 0 Å². The Kier molecular flexibility index (Phi) is 8.80. The van der Waals surface area contributed by atoms with Crippen LogP contribution in [0.1, 0.15) is 24.5 Å². The molecule has 2 aromatic rings. The Hall–Kier alpha value is -2.91. The van der Waals surface area contributed by atoms with Gasteiger partial charge in [-0.15, -0.1) is 0 Å². The van der Waals surface area contributed by atoms with Gasteiger partial charge in [0, 0.05) is 20.6 Å². The number of sulfonamides is 1. The molecule has 0 bridgehead atoms. The van der Waals surface area contributed by atoms with Gasteiger partial charge in [0.15, 0.2) is 0 Å². The average Bonchev–Trinajstić information content (AvgIpc) is 2.79. The lowest BCUT2D eigenvalue weighted by molar-refractivity contribution is -0.141. The molecule has 0 radical (unpaired) electrons. The molecule has 0 fully saturated rings. The van der Waals surface area contributed by atoms with E-state index in [1.807, 2.05) is 19.1 Å². The smallest absolute Gasteiger partial charge is 0.243 e. The fourth-order valence-electron chi connectivity index (χ4n) is 3.27. The monoisotopic (exact) mass is 461 g/mol. The molecular formula is C23H31N3O5S. The van der Waals surface area contributed by atoms with Gasteiger partial charge in [0.1, 0.15) is 11.8 Å². The van der Waals surface area contributed by atoms with Gasteiger partial charge < -0.3 is 15.0 Å². The van der Waals surface area contributed by atoms with Gasteiger partial charge in [-0.25, -0.2) is 8.42 Å². The van der Waals surface area contributed by atoms with E-state index in [1.165, 1.54) is 31.1 Å². The molecule has 0 saturated heterocycles. The van der Waals surface area contributed by atoms with E-state index in [0.29, 0.717) is 12.2 Å². The molecule has 0 unspecified atom stereocenters. The second kappa shape index (κ2) is 11.1. The summed E-state index contributed by atoms with van der Waals surface area (Å²) in [6.07, 6.45) is 0.385. The number of amides is 2. The second-order valence-electron chi connectivity index (χ2n) is 7.48. The Bertz CT molecular complexity index is 1020. The van der Waals surface area contributed by atoms with Gasteiger partial charge in [-0.2, -0.15) is 4.31 Å². The van der Waals surface area contributed by atoms with Crippen LogP contribution in [0.25, 0.3) is 0 Å². The van der Waals surface area contributed by atoms with Crippen LogP contribution in [-0.2, 0) is 26.2 Å². The maximum atomic E-state index is 13.2. The molecule has 2 amide bonds. The van der Waals surface area contributed by atoms with Crippen molar-refractivity contribution in [1.82, 2.24) is 14.5 Å². The van der Waals surface area contributed by atoms with E-state index in [1.54, 1.807) is 38.3 Å². The van der Waals surface area contributed by atoms with Crippen molar-refractivity contribution in [3.05, 3.63) is 59.7 Å². The van der Waals surface area contributed by atoms with E-state index in [2.05, 4.69) is 5.32 Å². The zero-order valence-electron chi connectivity index (χ0n) is 19.2. The van der Waals surface area contributed by atoms with Crippen molar-refractivity contribution in [2.45, 2.75) is 37.8 Å². The van der Waals surface area contributed by atoms with Gasteiger partial charge >= 0.3 is 0 Å². The quantitative estimate of drug-likeness (QED) is 0.585. The second-order valence-corrected chi connectivity index (χ2v) is 9.53. The van der Waals surface area contributed by atoms with E-state index in [9.17, 15) is 18.0 Å². The first-order valence-electron chi connectivity index (χ1n) is 10.3. The molecule has 174 valence electrons. The summed E-state index contributed by atoms with van der Waals surface area (Å²) < 4.78 is 32.0. The number of benzene rings is 2. The van der Waals surface area contributed by atoms with Gasteiger partial charge in [0.2, 0.25) is 21.8 Å². The molecule has 8 nitrogen and oxygen atoms in total. The molecule has 1 atom stereocenters. The van der Waals surface area contributed by atoms with Crippen LogP contribution in [0.4, 0.5) is 0 Å². The third-order valence-electron chi connectivity index (χ3n) is 5.23. The Morgan fingerprint density at radius 1 is 1.06 bits per heavy atom. The van der Waals surface area contributed by atoms with E-state index >= 15 is 0 Å². The molecule has 2 aromatic carbocycles. The lowest BCUT2D eigenvalue weighted by atomic mass is 10.1. The first-order valence-corrected chi connectivity index (χ1v) is 11.7. The van der Waals surface area contributed by atoms with Crippen molar-refractivity contribution in [2.24, 2.45) is 0 Å². The molecule has 0 aromatic heterocycles. The Balaban J connectivity index is 2.29. The van der Waals surface area contributed by atoms with Crippen molar-refractivity contribution >= 4 is 21.8 Å². The van der Waals surface area contributed by atoms with Gasteiger partial charge in [-0.05, 0) is 43.2 Å². The predicted octanol–water partition coefficient (Wildman–Crippen LogP) is 2.18. The molecule has 0 aliphatic carbocycles. The zero-order valence-corrected chi connectivity index (χ0v) is 20.0. The van der Waals surface area contributed by atoms with Crippen molar-refractivity contribution in [1.29, 1.82) is 0 Å². The first-order chi connectivity index (χ1) is 15.1. The number of rotatable bonds is 10. The summed E-state index contributed by atoms with van der Waals surface area (Å²) in [4.78, 5) is 27.2. The number of likely N-dealkylation sites (N-methyl/N-ethyl adjacent to an activating group) is 2. The Morgan fingerprint density at radius 2 is 1.66 bits per heavy atom. The molecule has 0 saturated carbocycles. The maximum Gasteiger partial charge on any atom is 0.243 e. The summed E-state index contributed by atoms with van der Waals surface area (Å²) in [6.45, 7) is 3.44. The van der Waals surface area contributed by atoms with Crippen LogP contribution >= 0.6 is 0 Å². The molecule has 0 heterocycles. The van der Waals surface area contributed by atoms with Gasteiger partial charge in [-0.3, -0.25) is 9.59 Å². The lowest BCUT2D eigenvalue weighted by Crippen LogP contribution is -2.51. The molecule has 0 aliphatic rings. The molecular weight excluding hydrogens is 430 g/mol. The number of methoxy groups -OCH3 is 1. The van der Waals surface area contributed by atoms with Gasteiger partial charge in [-0.1, -0.05) is 36.8 Å². The number of aryl methyl sites for hydroxylation is 1. The number of ether oxygens (including phenoxy) is 1. The third-order valence-corrected chi connectivity index (χ3v) is 7.05. The summed E-state index contributed by atoms with van der Waals surface area (Å²) in [5.41, 5.74) is 1.73. The highest BCUT2D eigenvalue weighted by Gasteiger charge is 2.31. The number of hydrogen-bond donors (Lipinski definition) is 1. The highest BCUT2D eigenvalue weighted by Crippen LogP contribution is 2.19. The molecule has 32 heavy (non-hydrogen) atoms. The van der Waals surface area contributed by atoms with Crippen molar-refractivity contribution in [3.63, 3.8) is 0 Å². The first kappa shape index (κ1) is 25.4. The van der Waals surface area contributed by atoms with Crippen LogP contribution in [0.2, 0.25) is 0 Å². The highest BCUT2D eigenvalue weighted by atomic mass is 32.2.